The average Bonchev–Trinajstić information content (AvgIpc) is 3.47. The second-order valence-corrected chi connectivity index (χ2v) is 9.11. The summed E-state index contributed by atoms with van der Waals surface area (Å²) in [7, 11) is 4.37. The van der Waals surface area contributed by atoms with Gasteiger partial charge in [-0.25, -0.2) is 4.98 Å². The molecule has 4 heterocycles. The molecule has 5 rings (SSSR count). The second-order valence-electron chi connectivity index (χ2n) is 9.11. The zero-order chi connectivity index (χ0) is 27.7. The first-order chi connectivity index (χ1) is 18.9. The number of benzene rings is 1. The highest BCUT2D eigenvalue weighted by molar-refractivity contribution is 5.96. The van der Waals surface area contributed by atoms with Crippen LogP contribution in [-0.4, -0.2) is 53.9 Å². The molecule has 0 radical (unpaired) electrons. The van der Waals surface area contributed by atoms with Gasteiger partial charge < -0.3 is 23.5 Å². The number of aromatic nitrogens is 3. The van der Waals surface area contributed by atoms with E-state index in [0.29, 0.717) is 35.1 Å². The third kappa shape index (κ3) is 4.59. The maximum Gasteiger partial charge on any atom is 0.279 e. The number of pyridine rings is 2. The van der Waals surface area contributed by atoms with Gasteiger partial charge in [0.15, 0.2) is 17.0 Å². The van der Waals surface area contributed by atoms with Crippen molar-refractivity contribution in [2.24, 2.45) is 4.99 Å². The van der Waals surface area contributed by atoms with Gasteiger partial charge in [0.05, 0.1) is 44.9 Å². The Morgan fingerprint density at radius 3 is 2.54 bits per heavy atom. The van der Waals surface area contributed by atoms with Gasteiger partial charge in [-0.3, -0.25) is 14.0 Å². The molecule has 11 nitrogen and oxygen atoms in total. The molecule has 11 heteroatoms. The van der Waals surface area contributed by atoms with Crippen molar-refractivity contribution in [3.63, 3.8) is 0 Å². The van der Waals surface area contributed by atoms with Gasteiger partial charge in [0, 0.05) is 18.4 Å². The van der Waals surface area contributed by atoms with Gasteiger partial charge in [0.25, 0.3) is 11.5 Å². The Kier molecular flexibility index (Phi) is 7.04. The lowest BCUT2D eigenvalue weighted by Gasteiger charge is -2.17. The fourth-order valence-electron chi connectivity index (χ4n) is 4.82. The lowest BCUT2D eigenvalue weighted by molar-refractivity contribution is 0.0952. The van der Waals surface area contributed by atoms with E-state index in [1.165, 1.54) is 43.9 Å². The molecule has 0 bridgehead atoms. The lowest BCUT2D eigenvalue weighted by Crippen LogP contribution is -2.33. The summed E-state index contributed by atoms with van der Waals surface area (Å²) in [6, 6.07) is 10.2. The molecule has 1 amide bonds. The Labute approximate surface area is 223 Å². The minimum atomic E-state index is -0.639. The summed E-state index contributed by atoms with van der Waals surface area (Å²) in [6.07, 6.45) is 3.13. The van der Waals surface area contributed by atoms with E-state index in [2.05, 4.69) is 11.1 Å². The Bertz CT molecular complexity index is 1750. The second kappa shape index (κ2) is 10.6. The van der Waals surface area contributed by atoms with Gasteiger partial charge in [-0.2, -0.15) is 10.3 Å². The normalized spacial score (nSPS) is 15.5. The summed E-state index contributed by atoms with van der Waals surface area (Å²) >= 11 is 0. The predicted octanol–water partition coefficient (Wildman–Crippen LogP) is 2.78. The fourth-order valence-corrected chi connectivity index (χ4v) is 4.82. The van der Waals surface area contributed by atoms with Crippen LogP contribution in [0, 0.1) is 18.3 Å². The Balaban J connectivity index is 1.81. The maximum atomic E-state index is 13.5. The number of rotatable bonds is 6. The summed E-state index contributed by atoms with van der Waals surface area (Å²) in [5, 5.41) is 10.3. The van der Waals surface area contributed by atoms with Crippen molar-refractivity contribution < 1.29 is 23.7 Å². The summed E-state index contributed by atoms with van der Waals surface area (Å²) in [4.78, 5) is 36.2. The molecule has 3 aromatic heterocycles. The van der Waals surface area contributed by atoms with Gasteiger partial charge in [-0.05, 0) is 49.6 Å². The molecule has 1 fully saturated rings. The van der Waals surface area contributed by atoms with Crippen molar-refractivity contribution in [3.8, 4) is 23.3 Å². The van der Waals surface area contributed by atoms with Crippen LogP contribution in [0.3, 0.4) is 0 Å². The average molecular weight is 530 g/mol. The fraction of sp³-hybridized carbons (Fsp3) is 0.321. The number of aryl methyl sites for hydroxylation is 1. The van der Waals surface area contributed by atoms with Gasteiger partial charge in [-0.1, -0.05) is 6.07 Å². The van der Waals surface area contributed by atoms with Crippen LogP contribution in [0.2, 0.25) is 0 Å². The summed E-state index contributed by atoms with van der Waals surface area (Å²) < 4.78 is 25.1. The first-order valence-electron chi connectivity index (χ1n) is 12.4. The maximum absolute atomic E-state index is 13.5. The third-order valence-electron chi connectivity index (χ3n) is 6.75. The van der Waals surface area contributed by atoms with Crippen molar-refractivity contribution in [1.29, 1.82) is 5.26 Å². The molecule has 1 saturated heterocycles. The standard InChI is InChI=1S/C28H27N5O6/c1-16-7-5-9-32-24(16)30-26-20(28(32)35)11-18(14-29)25(33(26)15-19-8-6-10-39-19)31-27(34)17-12-21(36-2)23(38-4)22(13-17)37-3/h5,7,9,11-13,19H,6,8,10,15H2,1-4H3/t19-/m0/s1. The quantitative estimate of drug-likeness (QED) is 0.349. The zero-order valence-electron chi connectivity index (χ0n) is 22.1. The van der Waals surface area contributed by atoms with Crippen LogP contribution in [0.15, 0.2) is 46.3 Å². The highest BCUT2D eigenvalue weighted by atomic mass is 16.5. The van der Waals surface area contributed by atoms with Gasteiger partial charge in [0.2, 0.25) is 5.75 Å². The van der Waals surface area contributed by atoms with E-state index >= 15 is 0 Å². The van der Waals surface area contributed by atoms with E-state index in [-0.39, 0.29) is 40.2 Å². The van der Waals surface area contributed by atoms with Gasteiger partial charge >= 0.3 is 0 Å². The number of ether oxygens (including phenoxy) is 4. The third-order valence-corrected chi connectivity index (χ3v) is 6.75. The van der Waals surface area contributed by atoms with E-state index in [4.69, 9.17) is 23.9 Å². The van der Waals surface area contributed by atoms with Crippen LogP contribution in [0.5, 0.6) is 17.2 Å². The number of methoxy groups -OCH3 is 3. The van der Waals surface area contributed by atoms with Gasteiger partial charge in [0.1, 0.15) is 17.4 Å². The molecule has 0 aliphatic carbocycles. The van der Waals surface area contributed by atoms with Crippen molar-refractivity contribution >= 4 is 22.6 Å². The van der Waals surface area contributed by atoms with Gasteiger partial charge in [-0.15, -0.1) is 0 Å². The van der Waals surface area contributed by atoms with Crippen LogP contribution < -0.4 is 25.3 Å². The van der Waals surface area contributed by atoms with Crippen LogP contribution in [0.4, 0.5) is 0 Å². The number of carbonyl (C=O) groups is 1. The smallest absolute Gasteiger partial charge is 0.279 e. The number of hydrogen-bond acceptors (Lipinski definition) is 8. The van der Waals surface area contributed by atoms with Crippen LogP contribution >= 0.6 is 0 Å². The van der Waals surface area contributed by atoms with E-state index in [1.807, 2.05) is 13.0 Å². The molecule has 1 atom stereocenters. The number of hydrogen-bond donors (Lipinski definition) is 0. The molecule has 0 spiro atoms. The van der Waals surface area contributed by atoms with E-state index < -0.39 is 5.91 Å². The van der Waals surface area contributed by atoms with Crippen LogP contribution in [-0.2, 0) is 11.3 Å². The molecule has 0 saturated carbocycles. The van der Waals surface area contributed by atoms with Crippen molar-refractivity contribution in [2.75, 3.05) is 27.9 Å². The topological polar surface area (TPSA) is 129 Å². The minimum absolute atomic E-state index is 0.0628. The number of nitriles is 1. The van der Waals surface area contributed by atoms with E-state index in [1.54, 1.807) is 16.8 Å². The van der Waals surface area contributed by atoms with E-state index in [0.717, 1.165) is 18.4 Å². The molecule has 200 valence electrons. The Hall–Kier alpha value is -4.69. The molecule has 0 unspecified atom stereocenters. The number of amides is 1. The largest absolute Gasteiger partial charge is 0.493 e. The SMILES string of the molecule is COc1cc(C(=O)N=c2c(C#N)cc3c(=O)n4cccc(C)c4nc3n2C[C@@H]2CCCO2)cc(OC)c1OC. The molecule has 1 aliphatic heterocycles. The van der Waals surface area contributed by atoms with E-state index in [9.17, 15) is 14.9 Å². The lowest BCUT2D eigenvalue weighted by atomic mass is 10.1. The molecular weight excluding hydrogens is 502 g/mol. The number of fused-ring (bicyclic) bond motifs is 2. The molecule has 1 aliphatic rings. The van der Waals surface area contributed by atoms with Crippen molar-refractivity contribution in [3.05, 3.63) is 69.1 Å². The highest BCUT2D eigenvalue weighted by Crippen LogP contribution is 2.38. The van der Waals surface area contributed by atoms with Crippen LogP contribution in [0.25, 0.3) is 16.7 Å². The molecule has 4 aromatic rings. The first-order valence-corrected chi connectivity index (χ1v) is 12.4. The summed E-state index contributed by atoms with van der Waals surface area (Å²) in [5.41, 5.74) is 1.59. The Morgan fingerprint density at radius 1 is 1.18 bits per heavy atom. The predicted molar refractivity (Wildman–Crippen MR) is 141 cm³/mol. The molecule has 0 N–H and O–H groups in total. The summed E-state index contributed by atoms with van der Waals surface area (Å²) in [6.45, 7) is 2.74. The molecular formula is C28H27N5O6. The van der Waals surface area contributed by atoms with Crippen molar-refractivity contribution in [2.45, 2.75) is 32.4 Å². The summed E-state index contributed by atoms with van der Waals surface area (Å²) in [5.74, 6) is 0.275. The Morgan fingerprint density at radius 2 is 1.92 bits per heavy atom. The minimum Gasteiger partial charge on any atom is -0.493 e. The number of nitrogens with zero attached hydrogens (tertiary/aromatic N) is 5. The van der Waals surface area contributed by atoms with Crippen LogP contribution in [0.1, 0.15) is 34.3 Å². The number of carbonyl (C=O) groups excluding carboxylic acids is 1. The highest BCUT2D eigenvalue weighted by Gasteiger charge is 2.22. The molecule has 39 heavy (non-hydrogen) atoms. The first kappa shape index (κ1) is 25.9. The zero-order valence-corrected chi connectivity index (χ0v) is 22.1. The van der Waals surface area contributed by atoms with Crippen molar-refractivity contribution in [1.82, 2.24) is 14.0 Å². The monoisotopic (exact) mass is 529 g/mol. The molecule has 1 aromatic carbocycles.